The van der Waals surface area contributed by atoms with Crippen molar-refractivity contribution in [3.8, 4) is 0 Å². The predicted octanol–water partition coefficient (Wildman–Crippen LogP) is 0.723. The molecule has 0 radical (unpaired) electrons. The fourth-order valence-corrected chi connectivity index (χ4v) is 5.23. The maximum Gasteiger partial charge on any atom is 0.242 e. The molecule has 1 aliphatic heterocycles. The van der Waals surface area contributed by atoms with Gasteiger partial charge in [0, 0.05) is 32.9 Å². The number of amides is 4. The summed E-state index contributed by atoms with van der Waals surface area (Å²) in [5, 5.41) is 5.24. The Bertz CT molecular complexity index is 981. The van der Waals surface area contributed by atoms with Crippen LogP contribution in [0.3, 0.4) is 0 Å². The van der Waals surface area contributed by atoms with Crippen LogP contribution in [0.1, 0.15) is 51.5 Å². The maximum atomic E-state index is 13.1. The number of benzene rings is 1. The molecule has 0 saturated carbocycles. The number of carbonyl (C=O) groups is 4. The standard InChI is InChI=1S/C24H36N4O6S/c1-17(2)15-20(24(32)26-19(23(31)25-3)16-18-9-5-4-6-10-18)27-35(33,34)14-8-7-13-28-21(29)11-12-22(28)30/h4-6,9-10,17,19-20,27H,7-8,11-16H2,1-3H3,(H,25,31)(H,26,32)/t19-,20-/m0/s1. The molecule has 4 amide bonds. The van der Waals surface area contributed by atoms with Crippen molar-refractivity contribution in [2.45, 2.75) is 64.5 Å². The van der Waals surface area contributed by atoms with E-state index in [-0.39, 0.29) is 68.0 Å². The Labute approximate surface area is 207 Å². The van der Waals surface area contributed by atoms with Crippen LogP contribution >= 0.6 is 0 Å². The molecule has 1 heterocycles. The van der Waals surface area contributed by atoms with Crippen LogP contribution in [0, 0.1) is 5.92 Å². The van der Waals surface area contributed by atoms with E-state index < -0.39 is 28.0 Å². The van der Waals surface area contributed by atoms with Gasteiger partial charge in [0.25, 0.3) is 0 Å². The van der Waals surface area contributed by atoms with Crippen LogP contribution in [0.4, 0.5) is 0 Å². The molecule has 11 heteroatoms. The zero-order valence-electron chi connectivity index (χ0n) is 20.6. The monoisotopic (exact) mass is 508 g/mol. The van der Waals surface area contributed by atoms with Gasteiger partial charge >= 0.3 is 0 Å². The molecular formula is C24H36N4O6S. The van der Waals surface area contributed by atoms with Crippen molar-refractivity contribution < 1.29 is 27.6 Å². The number of nitrogens with one attached hydrogen (secondary N) is 3. The molecule has 10 nitrogen and oxygen atoms in total. The van der Waals surface area contributed by atoms with Crippen molar-refractivity contribution in [2.75, 3.05) is 19.3 Å². The summed E-state index contributed by atoms with van der Waals surface area (Å²) in [6.45, 7) is 3.94. The fraction of sp³-hybridized carbons (Fsp3) is 0.583. The number of rotatable bonds is 14. The van der Waals surface area contributed by atoms with Crippen molar-refractivity contribution in [1.29, 1.82) is 0 Å². The normalized spacial score (nSPS) is 15.8. The van der Waals surface area contributed by atoms with Gasteiger partial charge in [-0.3, -0.25) is 24.1 Å². The Morgan fingerprint density at radius 1 is 0.971 bits per heavy atom. The highest BCUT2D eigenvalue weighted by Crippen LogP contribution is 2.13. The van der Waals surface area contributed by atoms with Crippen molar-refractivity contribution in [3.63, 3.8) is 0 Å². The number of carbonyl (C=O) groups excluding carboxylic acids is 4. The summed E-state index contributed by atoms with van der Waals surface area (Å²) >= 11 is 0. The maximum absolute atomic E-state index is 13.1. The molecule has 0 aliphatic carbocycles. The summed E-state index contributed by atoms with van der Waals surface area (Å²) in [7, 11) is -2.34. The zero-order valence-corrected chi connectivity index (χ0v) is 21.4. The lowest BCUT2D eigenvalue weighted by molar-refractivity contribution is -0.138. The van der Waals surface area contributed by atoms with E-state index >= 15 is 0 Å². The van der Waals surface area contributed by atoms with E-state index in [4.69, 9.17) is 0 Å². The molecule has 0 unspecified atom stereocenters. The lowest BCUT2D eigenvalue weighted by Gasteiger charge is -2.24. The number of hydrogen-bond acceptors (Lipinski definition) is 6. The van der Waals surface area contributed by atoms with Crippen LogP contribution in [0.25, 0.3) is 0 Å². The van der Waals surface area contributed by atoms with Crippen LogP contribution in [0.2, 0.25) is 0 Å². The van der Waals surface area contributed by atoms with Crippen molar-refractivity contribution >= 4 is 33.7 Å². The largest absolute Gasteiger partial charge is 0.357 e. The van der Waals surface area contributed by atoms with Gasteiger partial charge in [-0.25, -0.2) is 13.1 Å². The van der Waals surface area contributed by atoms with E-state index in [1.165, 1.54) is 11.9 Å². The molecule has 1 fully saturated rings. The number of likely N-dealkylation sites (N-methyl/N-ethyl adjacent to an activating group) is 1. The summed E-state index contributed by atoms with van der Waals surface area (Å²) < 4.78 is 27.9. The number of sulfonamides is 1. The molecule has 0 aromatic heterocycles. The highest BCUT2D eigenvalue weighted by atomic mass is 32.2. The average molecular weight is 509 g/mol. The van der Waals surface area contributed by atoms with Gasteiger partial charge in [-0.1, -0.05) is 44.2 Å². The first kappa shape index (κ1) is 28.4. The third-order valence-electron chi connectivity index (χ3n) is 5.71. The van der Waals surface area contributed by atoms with Gasteiger partial charge in [0.1, 0.15) is 12.1 Å². The van der Waals surface area contributed by atoms with Gasteiger partial charge in [0.15, 0.2) is 0 Å². The number of likely N-dealkylation sites (tertiary alicyclic amines) is 1. The van der Waals surface area contributed by atoms with Gasteiger partial charge in [0.05, 0.1) is 5.75 Å². The summed E-state index contributed by atoms with van der Waals surface area (Å²) in [4.78, 5) is 50.0. The first-order valence-electron chi connectivity index (χ1n) is 11.9. The molecule has 1 aromatic rings. The van der Waals surface area contributed by atoms with Crippen molar-refractivity contribution in [3.05, 3.63) is 35.9 Å². The molecule has 194 valence electrons. The fourth-order valence-electron chi connectivity index (χ4n) is 3.90. The Balaban J connectivity index is 1.98. The van der Waals surface area contributed by atoms with Crippen LogP contribution in [-0.4, -0.2) is 68.4 Å². The zero-order chi connectivity index (χ0) is 26.0. The molecule has 0 bridgehead atoms. The molecule has 3 N–H and O–H groups in total. The Morgan fingerprint density at radius 3 is 2.17 bits per heavy atom. The van der Waals surface area contributed by atoms with Gasteiger partial charge in [-0.2, -0.15) is 0 Å². The molecule has 2 rings (SSSR count). The number of imide groups is 1. The molecular weight excluding hydrogens is 472 g/mol. The van der Waals surface area contributed by atoms with Crippen molar-refractivity contribution in [1.82, 2.24) is 20.3 Å². The summed E-state index contributed by atoms with van der Waals surface area (Å²) in [5.74, 6) is -1.63. The van der Waals surface area contributed by atoms with Crippen LogP contribution in [-0.2, 0) is 35.6 Å². The lowest BCUT2D eigenvalue weighted by Crippen LogP contribution is -2.54. The van der Waals surface area contributed by atoms with E-state index in [9.17, 15) is 27.6 Å². The van der Waals surface area contributed by atoms with Crippen LogP contribution < -0.4 is 15.4 Å². The molecule has 1 aliphatic rings. The number of nitrogens with zero attached hydrogens (tertiary/aromatic N) is 1. The summed E-state index contributed by atoms with van der Waals surface area (Å²) in [5.41, 5.74) is 0.859. The minimum Gasteiger partial charge on any atom is -0.357 e. The molecule has 1 saturated heterocycles. The van der Waals surface area contributed by atoms with E-state index in [0.717, 1.165) is 5.56 Å². The third-order valence-corrected chi connectivity index (χ3v) is 7.18. The minimum absolute atomic E-state index is 0.0215. The van der Waals surface area contributed by atoms with Crippen LogP contribution in [0.5, 0.6) is 0 Å². The van der Waals surface area contributed by atoms with Crippen LogP contribution in [0.15, 0.2) is 30.3 Å². The van der Waals surface area contributed by atoms with E-state index in [0.29, 0.717) is 6.42 Å². The van der Waals surface area contributed by atoms with E-state index in [1.54, 1.807) is 0 Å². The first-order valence-corrected chi connectivity index (χ1v) is 13.6. The Morgan fingerprint density at radius 2 is 1.60 bits per heavy atom. The summed E-state index contributed by atoms with van der Waals surface area (Å²) in [6, 6.07) is 7.33. The third kappa shape index (κ3) is 9.41. The first-order chi connectivity index (χ1) is 16.5. The van der Waals surface area contributed by atoms with Gasteiger partial charge in [-0.15, -0.1) is 0 Å². The van der Waals surface area contributed by atoms with Gasteiger partial charge in [0.2, 0.25) is 33.7 Å². The summed E-state index contributed by atoms with van der Waals surface area (Å²) in [6.07, 6.45) is 1.51. The minimum atomic E-state index is -3.81. The van der Waals surface area contributed by atoms with E-state index in [1.807, 2.05) is 44.2 Å². The number of unbranched alkanes of at least 4 members (excludes halogenated alkanes) is 1. The van der Waals surface area contributed by atoms with Gasteiger partial charge in [-0.05, 0) is 30.7 Å². The second-order valence-electron chi connectivity index (χ2n) is 9.13. The smallest absolute Gasteiger partial charge is 0.242 e. The van der Waals surface area contributed by atoms with Crippen molar-refractivity contribution in [2.24, 2.45) is 5.92 Å². The molecule has 0 spiro atoms. The second kappa shape index (κ2) is 13.3. The lowest BCUT2D eigenvalue weighted by atomic mass is 10.0. The Hall–Kier alpha value is -2.79. The highest BCUT2D eigenvalue weighted by molar-refractivity contribution is 7.89. The predicted molar refractivity (Wildman–Crippen MR) is 131 cm³/mol. The second-order valence-corrected chi connectivity index (χ2v) is 11.0. The molecule has 1 aromatic carbocycles. The SMILES string of the molecule is CNC(=O)[C@H](Cc1ccccc1)NC(=O)[C@H](CC(C)C)NS(=O)(=O)CCCCN1C(=O)CCC1=O. The van der Waals surface area contributed by atoms with E-state index in [2.05, 4.69) is 15.4 Å². The van der Waals surface area contributed by atoms with Gasteiger partial charge < -0.3 is 10.6 Å². The molecule has 35 heavy (non-hydrogen) atoms. The molecule has 2 atom stereocenters. The topological polar surface area (TPSA) is 142 Å². The average Bonchev–Trinajstić information content (AvgIpc) is 3.12. The quantitative estimate of drug-likeness (QED) is 0.250. The highest BCUT2D eigenvalue weighted by Gasteiger charge is 2.30. The Kier molecular flexibility index (Phi) is 10.8. The number of hydrogen-bond donors (Lipinski definition) is 3.